The molecule has 0 atom stereocenters. The number of hydrogen-bond acceptors (Lipinski definition) is 8. The average Bonchev–Trinajstić information content (AvgIpc) is 2.27. The van der Waals surface area contributed by atoms with Crippen LogP contribution in [0.2, 0.25) is 0 Å². The van der Waals surface area contributed by atoms with Crippen molar-refractivity contribution in [1.29, 1.82) is 0 Å². The molecule has 1 heterocycles. The van der Waals surface area contributed by atoms with Gasteiger partial charge in [-0.25, -0.2) is 4.79 Å². The lowest BCUT2D eigenvalue weighted by Crippen LogP contribution is -1.99. The van der Waals surface area contributed by atoms with Gasteiger partial charge in [-0.2, -0.15) is 18.4 Å². The van der Waals surface area contributed by atoms with Crippen LogP contribution in [0.5, 0.6) is 11.8 Å². The second kappa shape index (κ2) is 7.43. The first-order valence-corrected chi connectivity index (χ1v) is 6.35. The SMILES string of the molecule is COc1cc(OC)nc(N)n1.O=C=NS(=O)(=O)Cl. The third kappa shape index (κ3) is 7.39. The number of methoxy groups -OCH3 is 2. The molecule has 0 saturated heterocycles. The maximum atomic E-state index is 9.57. The molecule has 18 heavy (non-hydrogen) atoms. The highest BCUT2D eigenvalue weighted by Gasteiger charge is 2.00. The Labute approximate surface area is 107 Å². The Morgan fingerprint density at radius 3 is 2.00 bits per heavy atom. The fourth-order valence-electron chi connectivity index (χ4n) is 0.675. The van der Waals surface area contributed by atoms with E-state index in [-0.39, 0.29) is 5.95 Å². The van der Waals surface area contributed by atoms with Gasteiger partial charge in [-0.15, -0.1) is 0 Å². The molecule has 100 valence electrons. The van der Waals surface area contributed by atoms with Crippen LogP contribution in [0.15, 0.2) is 10.5 Å². The van der Waals surface area contributed by atoms with Gasteiger partial charge in [0.1, 0.15) is 0 Å². The molecule has 0 unspecified atom stereocenters. The van der Waals surface area contributed by atoms with Crippen LogP contribution in [0.3, 0.4) is 0 Å². The number of nitrogen functional groups attached to an aromatic ring is 1. The molecule has 0 aliphatic carbocycles. The van der Waals surface area contributed by atoms with Crippen molar-refractivity contribution in [2.45, 2.75) is 0 Å². The van der Waals surface area contributed by atoms with Gasteiger partial charge in [-0.1, -0.05) is 4.40 Å². The van der Waals surface area contributed by atoms with E-state index in [1.165, 1.54) is 14.2 Å². The zero-order chi connectivity index (χ0) is 14.2. The Bertz CT molecular complexity index is 521. The van der Waals surface area contributed by atoms with Crippen molar-refractivity contribution in [2.24, 2.45) is 4.40 Å². The topological polar surface area (TPSA) is 134 Å². The molecule has 1 rings (SSSR count). The summed E-state index contributed by atoms with van der Waals surface area (Å²) >= 11 is 0. The average molecular weight is 297 g/mol. The third-order valence-electron chi connectivity index (χ3n) is 1.26. The van der Waals surface area contributed by atoms with Crippen molar-refractivity contribution >= 4 is 31.9 Å². The van der Waals surface area contributed by atoms with Gasteiger partial charge in [-0.3, -0.25) is 0 Å². The molecule has 0 aliphatic heterocycles. The van der Waals surface area contributed by atoms with Crippen molar-refractivity contribution in [2.75, 3.05) is 20.0 Å². The molecule has 0 spiro atoms. The number of halogens is 1. The van der Waals surface area contributed by atoms with E-state index in [1.807, 2.05) is 0 Å². The molecule has 2 N–H and O–H groups in total. The van der Waals surface area contributed by atoms with Crippen molar-refractivity contribution in [3.63, 3.8) is 0 Å². The fourth-order valence-corrected chi connectivity index (χ4v) is 0.848. The van der Waals surface area contributed by atoms with Gasteiger partial charge >= 0.3 is 9.24 Å². The van der Waals surface area contributed by atoms with Crippen LogP contribution in [0.25, 0.3) is 0 Å². The normalized spacial score (nSPS) is 9.50. The van der Waals surface area contributed by atoms with Crippen LogP contribution >= 0.6 is 10.7 Å². The lowest BCUT2D eigenvalue weighted by atomic mass is 10.6. The van der Waals surface area contributed by atoms with Crippen molar-refractivity contribution in [3.8, 4) is 11.8 Å². The molecule has 0 fully saturated rings. The Kier molecular flexibility index (Phi) is 6.65. The summed E-state index contributed by atoms with van der Waals surface area (Å²) in [5.74, 6) is 0.935. The van der Waals surface area contributed by atoms with E-state index >= 15 is 0 Å². The third-order valence-corrected chi connectivity index (χ3v) is 1.76. The van der Waals surface area contributed by atoms with E-state index in [1.54, 1.807) is 6.07 Å². The number of hydrogen-bond donors (Lipinski definition) is 1. The first-order valence-electron chi connectivity index (χ1n) is 4.08. The number of aromatic nitrogens is 2. The zero-order valence-corrected chi connectivity index (χ0v) is 10.9. The van der Waals surface area contributed by atoms with Gasteiger partial charge in [0, 0.05) is 10.7 Å². The van der Waals surface area contributed by atoms with Crippen molar-refractivity contribution in [3.05, 3.63) is 6.07 Å². The number of nitrogens with two attached hydrogens (primary N) is 1. The molecule has 11 heteroatoms. The second-order valence-electron chi connectivity index (χ2n) is 2.41. The summed E-state index contributed by atoms with van der Waals surface area (Å²) in [4.78, 5) is 16.6. The lowest BCUT2D eigenvalue weighted by Gasteiger charge is -2.01. The van der Waals surface area contributed by atoms with Crippen LogP contribution in [-0.2, 0) is 14.0 Å². The van der Waals surface area contributed by atoms with Crippen LogP contribution in [0.1, 0.15) is 0 Å². The molecule has 9 nitrogen and oxygen atoms in total. The molecule has 0 radical (unpaired) electrons. The van der Waals surface area contributed by atoms with E-state index < -0.39 is 9.24 Å². The van der Waals surface area contributed by atoms with Gasteiger partial charge in [-0.05, 0) is 0 Å². The zero-order valence-electron chi connectivity index (χ0n) is 9.32. The quantitative estimate of drug-likeness (QED) is 0.463. The van der Waals surface area contributed by atoms with Gasteiger partial charge in [0.2, 0.25) is 17.7 Å². The minimum absolute atomic E-state index is 0.140. The van der Waals surface area contributed by atoms with Crippen LogP contribution in [0.4, 0.5) is 5.95 Å². The first-order chi connectivity index (χ1) is 8.32. The van der Waals surface area contributed by atoms with Gasteiger partial charge in [0.05, 0.1) is 20.3 Å². The van der Waals surface area contributed by atoms with E-state index in [2.05, 4.69) is 25.0 Å². The smallest absolute Gasteiger partial charge is 0.350 e. The highest BCUT2D eigenvalue weighted by atomic mass is 35.7. The molecule has 0 bridgehead atoms. The van der Waals surface area contributed by atoms with Gasteiger partial charge < -0.3 is 15.2 Å². The van der Waals surface area contributed by atoms with E-state index in [4.69, 9.17) is 20.0 Å². The minimum atomic E-state index is -4.00. The minimum Gasteiger partial charge on any atom is -0.481 e. The van der Waals surface area contributed by atoms with E-state index in [9.17, 15) is 8.42 Å². The number of carbonyl (C=O) groups excluding carboxylic acids is 1. The number of ether oxygens (including phenoxy) is 2. The summed E-state index contributed by atoms with van der Waals surface area (Å²) in [5, 5.41) is 0. The monoisotopic (exact) mass is 296 g/mol. The highest BCUT2D eigenvalue weighted by Crippen LogP contribution is 2.14. The molecule has 0 saturated carbocycles. The second-order valence-corrected chi connectivity index (χ2v) is 4.58. The summed E-state index contributed by atoms with van der Waals surface area (Å²) < 4.78 is 31.0. The molecule has 0 amide bonds. The largest absolute Gasteiger partial charge is 0.481 e. The van der Waals surface area contributed by atoms with Crippen LogP contribution in [-0.4, -0.2) is 38.7 Å². The fraction of sp³-hybridized carbons (Fsp3) is 0.286. The summed E-state index contributed by atoms with van der Waals surface area (Å²) in [6, 6.07) is 1.55. The van der Waals surface area contributed by atoms with Crippen molar-refractivity contribution in [1.82, 2.24) is 9.97 Å². The molecular weight excluding hydrogens is 288 g/mol. The molecule has 0 aliphatic rings. The van der Waals surface area contributed by atoms with Crippen LogP contribution < -0.4 is 15.2 Å². The standard InChI is InChI=1S/C6H9N3O2.CClNO3S/c1-10-4-3-5(11-2)9-6(7)8-4;2-7(5,6)3-1-4/h3H,1-2H3,(H2,7,8,9);. The van der Waals surface area contributed by atoms with E-state index in [0.29, 0.717) is 11.8 Å². The Morgan fingerprint density at radius 2 is 1.78 bits per heavy atom. The first kappa shape index (κ1) is 16.1. The molecule has 1 aromatic heterocycles. The maximum absolute atomic E-state index is 9.57. The Morgan fingerprint density at radius 1 is 1.33 bits per heavy atom. The Balaban J connectivity index is 0.000000360. The summed E-state index contributed by atoms with van der Waals surface area (Å²) in [7, 11) is 3.38. The molecule has 1 aromatic rings. The van der Waals surface area contributed by atoms with Crippen molar-refractivity contribution < 1.29 is 22.7 Å². The summed E-state index contributed by atoms with van der Waals surface area (Å²) in [6.45, 7) is 0. The predicted octanol–water partition coefficient (Wildman–Crippen LogP) is -0.118. The predicted molar refractivity (Wildman–Crippen MR) is 62.4 cm³/mol. The number of rotatable bonds is 3. The number of isocyanates is 1. The molecule has 0 aromatic carbocycles. The number of anilines is 1. The molecular formula is C7H9ClN4O5S. The maximum Gasteiger partial charge on any atom is 0.350 e. The summed E-state index contributed by atoms with van der Waals surface area (Å²) in [5.41, 5.74) is 5.33. The summed E-state index contributed by atoms with van der Waals surface area (Å²) in [6.07, 6.45) is 0.763. The van der Waals surface area contributed by atoms with E-state index in [0.717, 1.165) is 6.08 Å². The van der Waals surface area contributed by atoms with Gasteiger partial charge in [0.15, 0.2) is 0 Å². The highest BCUT2D eigenvalue weighted by molar-refractivity contribution is 8.12. The van der Waals surface area contributed by atoms with Crippen LogP contribution in [0, 0.1) is 0 Å². The number of nitrogens with zero attached hydrogens (tertiary/aromatic N) is 3. The van der Waals surface area contributed by atoms with Gasteiger partial charge in [0.25, 0.3) is 6.08 Å². The Hall–Kier alpha value is -1.90. The lowest BCUT2D eigenvalue weighted by molar-refractivity contribution is 0.373.